The monoisotopic (exact) mass is 774 g/mol. The molecule has 0 saturated carbocycles. The molecule has 3 aromatic carbocycles. The van der Waals surface area contributed by atoms with E-state index in [1.807, 2.05) is 12.3 Å². The van der Waals surface area contributed by atoms with Crippen molar-refractivity contribution >= 4 is 46.0 Å². The van der Waals surface area contributed by atoms with Crippen LogP contribution in [0.15, 0.2) is 114 Å². The number of fused-ring (bicyclic) bond motifs is 1. The number of amidine groups is 1. The number of rotatable bonds is 24. The molecule has 7 heteroatoms. The zero-order valence-corrected chi connectivity index (χ0v) is 36.8. The van der Waals surface area contributed by atoms with Gasteiger partial charge in [0.15, 0.2) is 0 Å². The van der Waals surface area contributed by atoms with Crippen molar-refractivity contribution in [3.63, 3.8) is 0 Å². The summed E-state index contributed by atoms with van der Waals surface area (Å²) < 4.78 is 0. The van der Waals surface area contributed by atoms with E-state index in [1.54, 1.807) is 6.20 Å². The number of hydrogen-bond acceptors (Lipinski definition) is 6. The smallest absolute Gasteiger partial charge is 0.103 e. The molecule has 57 heavy (non-hydrogen) atoms. The number of nitrogens with two attached hydrogens (primary N) is 1. The Morgan fingerprint density at radius 2 is 1.56 bits per heavy atom. The molecule has 0 aliphatic carbocycles. The first kappa shape index (κ1) is 48.3. The van der Waals surface area contributed by atoms with Gasteiger partial charge in [0.25, 0.3) is 0 Å². The molecule has 0 saturated heterocycles. The maximum atomic E-state index is 6.47. The highest BCUT2D eigenvalue weighted by molar-refractivity contribution is 6.03. The second-order valence-corrected chi connectivity index (χ2v) is 15.4. The van der Waals surface area contributed by atoms with Crippen molar-refractivity contribution in [2.24, 2.45) is 15.7 Å². The Kier molecular flexibility index (Phi) is 22.8. The fraction of sp³-hybridized carbons (Fsp3) is 0.440. The van der Waals surface area contributed by atoms with E-state index in [-0.39, 0.29) is 5.41 Å². The van der Waals surface area contributed by atoms with Crippen LogP contribution in [0.5, 0.6) is 0 Å². The van der Waals surface area contributed by atoms with Crippen LogP contribution in [-0.4, -0.2) is 43.6 Å². The topological polar surface area (TPSA) is 90.1 Å². The molecule has 0 aliphatic heterocycles. The van der Waals surface area contributed by atoms with Gasteiger partial charge in [-0.25, -0.2) is 4.99 Å². The van der Waals surface area contributed by atoms with Gasteiger partial charge in [-0.1, -0.05) is 116 Å². The molecular weight excluding hydrogens is 699 g/mol. The zero-order chi connectivity index (χ0) is 42.1. The van der Waals surface area contributed by atoms with Gasteiger partial charge in [-0.05, 0) is 118 Å². The van der Waals surface area contributed by atoms with Crippen LogP contribution in [-0.2, 0) is 11.8 Å². The molecule has 0 aromatic heterocycles. The molecule has 0 aliphatic rings. The highest BCUT2D eigenvalue weighted by Gasteiger charge is 2.20. The van der Waals surface area contributed by atoms with Gasteiger partial charge in [-0.3, -0.25) is 4.99 Å². The standard InChI is InChI=1S/C44H64N6.C6H11N/c1-10-15-16-24-42(45)47-40-30-34(44(6,7)8)31-41(35(40)13-4)49-43(14-5)48-39-26-25-36(37-22-17-18-23-38(37)39)33(32-46-9)21-19-20-29-50(27-11-2)28-12-3;1-3-5-6-7-4-2/h14,17-19,21-23,25-26,30-32,48-49H,9-13,15-16,20,24,27-29H2,1-8H3,(H2,45,47);3-4,7H,1-2,5-6H2/b21-19-,33-32+,43-14?;. The first-order chi connectivity index (χ1) is 27.5. The van der Waals surface area contributed by atoms with Gasteiger partial charge < -0.3 is 26.6 Å². The largest absolute Gasteiger partial charge is 0.391 e. The summed E-state index contributed by atoms with van der Waals surface area (Å²) in [7, 11) is 0. The molecule has 0 spiro atoms. The number of allylic oxidation sites excluding steroid dienone is 3. The molecule has 310 valence electrons. The molecule has 5 N–H and O–H groups in total. The summed E-state index contributed by atoms with van der Waals surface area (Å²) in [5.74, 6) is 1.60. The Bertz CT molecular complexity index is 1790. The molecule has 0 fully saturated rings. The van der Waals surface area contributed by atoms with Crippen LogP contribution >= 0.6 is 0 Å². The molecule has 7 nitrogen and oxygen atoms in total. The maximum Gasteiger partial charge on any atom is 0.103 e. The third-order valence-electron chi connectivity index (χ3n) is 9.67. The van der Waals surface area contributed by atoms with E-state index >= 15 is 0 Å². The Labute approximate surface area is 347 Å². The Hall–Kier alpha value is -4.88. The van der Waals surface area contributed by atoms with Crippen molar-refractivity contribution in [3.05, 3.63) is 121 Å². The average molecular weight is 774 g/mol. The fourth-order valence-electron chi connectivity index (χ4n) is 6.59. The number of hydrogen-bond donors (Lipinski definition) is 4. The fourth-order valence-corrected chi connectivity index (χ4v) is 6.59. The lowest BCUT2D eigenvalue weighted by Crippen LogP contribution is -2.26. The second kappa shape index (κ2) is 26.9. The molecule has 0 unspecified atom stereocenters. The predicted molar refractivity (Wildman–Crippen MR) is 256 cm³/mol. The number of aliphatic imine (C=N–C) groups is 2. The Morgan fingerprint density at radius 3 is 2.16 bits per heavy atom. The average Bonchev–Trinajstić information content (AvgIpc) is 3.19. The minimum atomic E-state index is -0.0517. The van der Waals surface area contributed by atoms with Crippen LogP contribution in [0.2, 0.25) is 0 Å². The normalized spacial score (nSPS) is 12.4. The summed E-state index contributed by atoms with van der Waals surface area (Å²) in [4.78, 5) is 11.7. The summed E-state index contributed by atoms with van der Waals surface area (Å²) in [5.41, 5.74) is 14.0. The second-order valence-electron chi connectivity index (χ2n) is 15.4. The van der Waals surface area contributed by atoms with E-state index in [0.29, 0.717) is 5.84 Å². The van der Waals surface area contributed by atoms with E-state index in [9.17, 15) is 0 Å². The molecule has 0 bridgehead atoms. The van der Waals surface area contributed by atoms with Crippen molar-refractivity contribution in [2.45, 2.75) is 119 Å². The van der Waals surface area contributed by atoms with Gasteiger partial charge in [-0.2, -0.15) is 0 Å². The van der Waals surface area contributed by atoms with Crippen molar-refractivity contribution in [1.29, 1.82) is 0 Å². The number of benzene rings is 3. The van der Waals surface area contributed by atoms with E-state index in [1.165, 1.54) is 18.4 Å². The van der Waals surface area contributed by atoms with E-state index < -0.39 is 0 Å². The maximum absolute atomic E-state index is 6.47. The first-order valence-corrected chi connectivity index (χ1v) is 21.2. The molecule has 3 rings (SSSR count). The lowest BCUT2D eigenvalue weighted by Gasteiger charge is -2.24. The van der Waals surface area contributed by atoms with Crippen LogP contribution in [0.1, 0.15) is 123 Å². The molecule has 0 heterocycles. The van der Waals surface area contributed by atoms with Crippen molar-refractivity contribution in [3.8, 4) is 0 Å². The summed E-state index contributed by atoms with van der Waals surface area (Å²) in [6.45, 7) is 32.8. The van der Waals surface area contributed by atoms with Crippen molar-refractivity contribution < 1.29 is 0 Å². The van der Waals surface area contributed by atoms with Crippen LogP contribution in [0.3, 0.4) is 0 Å². The zero-order valence-electron chi connectivity index (χ0n) is 36.8. The highest BCUT2D eigenvalue weighted by Crippen LogP contribution is 2.37. The summed E-state index contributed by atoms with van der Waals surface area (Å²) in [6, 6.07) is 17.4. The van der Waals surface area contributed by atoms with Crippen LogP contribution in [0, 0.1) is 0 Å². The van der Waals surface area contributed by atoms with E-state index in [2.05, 4.69) is 168 Å². The van der Waals surface area contributed by atoms with Gasteiger partial charge in [0, 0.05) is 53.6 Å². The quantitative estimate of drug-likeness (QED) is 0.0239. The molecule has 0 amide bonds. The number of nitrogens with one attached hydrogen (secondary N) is 3. The Balaban J connectivity index is 0.00000146. The molecule has 0 radical (unpaired) electrons. The van der Waals surface area contributed by atoms with Gasteiger partial charge in [0.05, 0.1) is 11.5 Å². The lowest BCUT2D eigenvalue weighted by molar-refractivity contribution is 0.280. The first-order valence-electron chi connectivity index (χ1n) is 21.2. The van der Waals surface area contributed by atoms with Crippen molar-refractivity contribution in [1.82, 2.24) is 10.2 Å². The minimum Gasteiger partial charge on any atom is -0.391 e. The molecule has 0 atom stereocenters. The van der Waals surface area contributed by atoms with E-state index in [0.717, 1.165) is 121 Å². The highest BCUT2D eigenvalue weighted by atomic mass is 15.1. The van der Waals surface area contributed by atoms with Gasteiger partial charge in [0.1, 0.15) is 5.82 Å². The van der Waals surface area contributed by atoms with Crippen LogP contribution in [0.25, 0.3) is 16.3 Å². The van der Waals surface area contributed by atoms with Crippen LogP contribution < -0.4 is 21.7 Å². The number of anilines is 2. The van der Waals surface area contributed by atoms with Gasteiger partial charge in [-0.15, -0.1) is 6.58 Å². The van der Waals surface area contributed by atoms with E-state index in [4.69, 9.17) is 10.7 Å². The van der Waals surface area contributed by atoms with Crippen LogP contribution in [0.4, 0.5) is 17.1 Å². The Morgan fingerprint density at radius 1 is 0.860 bits per heavy atom. The minimum absolute atomic E-state index is 0.0517. The summed E-state index contributed by atoms with van der Waals surface area (Å²) >= 11 is 0. The van der Waals surface area contributed by atoms with Gasteiger partial charge in [0.2, 0.25) is 0 Å². The summed E-state index contributed by atoms with van der Waals surface area (Å²) in [6.07, 6.45) is 21.4. The molecular formula is C50H75N7. The van der Waals surface area contributed by atoms with Gasteiger partial charge >= 0.3 is 0 Å². The lowest BCUT2D eigenvalue weighted by atomic mass is 9.85. The SMILES string of the molecule is C=CCCNC=C.C=N/C=C(\C=C/CCN(CCC)CCC)c1ccc(NC(=CC)Nc2cc(C(C)(C)C)cc(N=C(N)CCCCC)c2CC)c2ccccc12. The number of nitrogens with zero attached hydrogens (tertiary/aromatic N) is 3. The van der Waals surface area contributed by atoms with Crippen molar-refractivity contribution in [2.75, 3.05) is 36.8 Å². The number of unbranched alkanes of at least 4 members (excludes halogenated alkanes) is 2. The third kappa shape index (κ3) is 16.6. The summed E-state index contributed by atoms with van der Waals surface area (Å²) in [5, 5.41) is 12.7. The predicted octanol–water partition coefficient (Wildman–Crippen LogP) is 13.1. The molecule has 3 aromatic rings. The third-order valence-corrected chi connectivity index (χ3v) is 9.67.